The lowest BCUT2D eigenvalue weighted by Gasteiger charge is -2.17. The van der Waals surface area contributed by atoms with E-state index >= 15 is 0 Å². The van der Waals surface area contributed by atoms with Crippen molar-refractivity contribution in [3.8, 4) is 0 Å². The van der Waals surface area contributed by atoms with Gasteiger partial charge in [-0.2, -0.15) is 0 Å². The standard InChI is InChI=1S/C11H12BrF2NO2/c1-2-17-11(16)9(14)10(15)8-6(12)4-3-5-7(8)13/h3-5,9-10H,2,15H2,1H3/t9?,10-/m0/s1. The molecule has 0 aliphatic heterocycles. The van der Waals surface area contributed by atoms with Gasteiger partial charge in [0.2, 0.25) is 6.17 Å². The summed E-state index contributed by atoms with van der Waals surface area (Å²) < 4.78 is 31.9. The maximum Gasteiger partial charge on any atom is 0.342 e. The van der Waals surface area contributed by atoms with E-state index in [1.165, 1.54) is 12.1 Å². The molecule has 3 nitrogen and oxygen atoms in total. The van der Waals surface area contributed by atoms with E-state index in [1.807, 2.05) is 0 Å². The van der Waals surface area contributed by atoms with Crippen molar-refractivity contribution in [3.05, 3.63) is 34.1 Å². The average Bonchev–Trinajstić information content (AvgIpc) is 2.27. The fraction of sp³-hybridized carbons (Fsp3) is 0.364. The number of nitrogens with two attached hydrogens (primary N) is 1. The molecule has 0 radical (unpaired) electrons. The Morgan fingerprint density at radius 1 is 1.59 bits per heavy atom. The van der Waals surface area contributed by atoms with Crippen LogP contribution in [0, 0.1) is 5.82 Å². The third-order valence-electron chi connectivity index (χ3n) is 2.16. The van der Waals surface area contributed by atoms with Crippen molar-refractivity contribution < 1.29 is 18.3 Å². The van der Waals surface area contributed by atoms with Crippen molar-refractivity contribution in [2.45, 2.75) is 19.1 Å². The third-order valence-corrected chi connectivity index (χ3v) is 2.85. The van der Waals surface area contributed by atoms with Crippen molar-refractivity contribution in [2.75, 3.05) is 6.61 Å². The van der Waals surface area contributed by atoms with E-state index in [4.69, 9.17) is 5.73 Å². The molecule has 0 aliphatic rings. The highest BCUT2D eigenvalue weighted by molar-refractivity contribution is 9.10. The number of esters is 1. The SMILES string of the molecule is CCOC(=O)C(F)[C@@H](N)c1c(F)cccc1Br. The van der Waals surface area contributed by atoms with Crippen molar-refractivity contribution in [1.82, 2.24) is 0 Å². The Bertz CT molecular complexity index is 394. The van der Waals surface area contributed by atoms with Crippen molar-refractivity contribution in [2.24, 2.45) is 5.73 Å². The fourth-order valence-corrected chi connectivity index (χ4v) is 1.95. The van der Waals surface area contributed by atoms with Gasteiger partial charge in [0.05, 0.1) is 12.6 Å². The van der Waals surface area contributed by atoms with E-state index in [0.717, 1.165) is 6.07 Å². The van der Waals surface area contributed by atoms with Crippen LogP contribution < -0.4 is 5.73 Å². The molecule has 0 fully saturated rings. The highest BCUT2D eigenvalue weighted by atomic mass is 79.9. The van der Waals surface area contributed by atoms with Gasteiger partial charge in [0.1, 0.15) is 5.82 Å². The van der Waals surface area contributed by atoms with Gasteiger partial charge in [-0.15, -0.1) is 0 Å². The van der Waals surface area contributed by atoms with Crippen molar-refractivity contribution >= 4 is 21.9 Å². The lowest BCUT2D eigenvalue weighted by Crippen LogP contribution is -2.32. The van der Waals surface area contributed by atoms with Crippen LogP contribution in [-0.2, 0) is 9.53 Å². The largest absolute Gasteiger partial charge is 0.464 e. The number of hydrogen-bond acceptors (Lipinski definition) is 3. The molecule has 0 saturated heterocycles. The van der Waals surface area contributed by atoms with E-state index in [-0.39, 0.29) is 12.2 Å². The molecular weight excluding hydrogens is 296 g/mol. The molecule has 1 unspecified atom stereocenters. The normalized spacial score (nSPS) is 14.2. The summed E-state index contributed by atoms with van der Waals surface area (Å²) in [6, 6.07) is 2.73. The minimum atomic E-state index is -2.09. The lowest BCUT2D eigenvalue weighted by atomic mass is 10.0. The molecule has 0 amide bonds. The zero-order valence-electron chi connectivity index (χ0n) is 9.12. The summed E-state index contributed by atoms with van der Waals surface area (Å²) in [5.74, 6) is -1.76. The van der Waals surface area contributed by atoms with Crippen molar-refractivity contribution in [3.63, 3.8) is 0 Å². The van der Waals surface area contributed by atoms with Gasteiger partial charge < -0.3 is 10.5 Å². The number of ether oxygens (including phenoxy) is 1. The number of benzene rings is 1. The first-order valence-corrected chi connectivity index (χ1v) is 5.78. The summed E-state index contributed by atoms with van der Waals surface area (Å²) in [7, 11) is 0. The molecule has 0 aliphatic carbocycles. The number of rotatable bonds is 4. The van der Waals surface area contributed by atoms with E-state index in [1.54, 1.807) is 6.92 Å². The van der Waals surface area contributed by atoms with Gasteiger partial charge in [0, 0.05) is 10.0 Å². The smallest absolute Gasteiger partial charge is 0.342 e. The van der Waals surface area contributed by atoms with E-state index in [0.29, 0.717) is 4.47 Å². The van der Waals surface area contributed by atoms with Crippen LogP contribution in [0.3, 0.4) is 0 Å². The third kappa shape index (κ3) is 3.23. The molecule has 6 heteroatoms. The maximum absolute atomic E-state index is 13.6. The molecule has 1 aromatic rings. The molecule has 2 atom stereocenters. The molecule has 1 rings (SSSR count). The van der Waals surface area contributed by atoms with Crippen LogP contribution in [0.2, 0.25) is 0 Å². The van der Waals surface area contributed by atoms with Crippen LogP contribution in [0.5, 0.6) is 0 Å². The van der Waals surface area contributed by atoms with Gasteiger partial charge in [0.15, 0.2) is 0 Å². The first-order chi connectivity index (χ1) is 7.99. The Labute approximate surface area is 106 Å². The Morgan fingerprint density at radius 2 is 2.24 bits per heavy atom. The molecular formula is C11H12BrF2NO2. The number of hydrogen-bond donors (Lipinski definition) is 1. The van der Waals surface area contributed by atoms with Crippen LogP contribution in [0.25, 0.3) is 0 Å². The van der Waals surface area contributed by atoms with Crippen LogP contribution in [0.4, 0.5) is 8.78 Å². The first kappa shape index (κ1) is 14.1. The number of carbonyl (C=O) groups excluding carboxylic acids is 1. The Hall–Kier alpha value is -1.01. The molecule has 0 saturated carbocycles. The highest BCUT2D eigenvalue weighted by Crippen LogP contribution is 2.28. The van der Waals surface area contributed by atoms with E-state index < -0.39 is 24.0 Å². The molecule has 17 heavy (non-hydrogen) atoms. The molecule has 0 aromatic heterocycles. The Kier molecular flexibility index (Phi) is 5.02. The predicted octanol–water partition coefficient (Wildman–Crippen LogP) is 2.49. The zero-order valence-corrected chi connectivity index (χ0v) is 10.7. The zero-order chi connectivity index (χ0) is 13.0. The second kappa shape index (κ2) is 6.07. The first-order valence-electron chi connectivity index (χ1n) is 4.99. The van der Waals surface area contributed by atoms with Gasteiger partial charge in [0.25, 0.3) is 0 Å². The number of carbonyl (C=O) groups is 1. The lowest BCUT2D eigenvalue weighted by molar-refractivity contribution is -0.150. The fourth-order valence-electron chi connectivity index (χ4n) is 1.34. The van der Waals surface area contributed by atoms with Gasteiger partial charge in [-0.1, -0.05) is 22.0 Å². The molecule has 0 bridgehead atoms. The quantitative estimate of drug-likeness (QED) is 0.870. The van der Waals surface area contributed by atoms with Gasteiger partial charge in [-0.3, -0.25) is 0 Å². The maximum atomic E-state index is 13.6. The monoisotopic (exact) mass is 307 g/mol. The van der Waals surface area contributed by atoms with Crippen molar-refractivity contribution in [1.29, 1.82) is 0 Å². The summed E-state index contributed by atoms with van der Waals surface area (Å²) in [4.78, 5) is 11.2. The molecule has 2 N–H and O–H groups in total. The van der Waals surface area contributed by atoms with E-state index in [9.17, 15) is 13.6 Å². The number of halogens is 3. The summed E-state index contributed by atoms with van der Waals surface area (Å²) in [5, 5.41) is 0. The minimum absolute atomic E-state index is 0.0460. The molecule has 94 valence electrons. The van der Waals surface area contributed by atoms with Crippen LogP contribution in [-0.4, -0.2) is 18.7 Å². The predicted molar refractivity (Wildman–Crippen MR) is 62.6 cm³/mol. The number of alkyl halides is 1. The summed E-state index contributed by atoms with van der Waals surface area (Å²) in [6.45, 7) is 1.60. The summed E-state index contributed by atoms with van der Waals surface area (Å²) in [5.41, 5.74) is 5.45. The Morgan fingerprint density at radius 3 is 2.76 bits per heavy atom. The highest BCUT2D eigenvalue weighted by Gasteiger charge is 2.30. The summed E-state index contributed by atoms with van der Waals surface area (Å²) in [6.07, 6.45) is -2.09. The molecule has 1 aromatic carbocycles. The second-order valence-electron chi connectivity index (χ2n) is 3.31. The minimum Gasteiger partial charge on any atom is -0.464 e. The Balaban J connectivity index is 2.96. The van der Waals surface area contributed by atoms with Gasteiger partial charge in [-0.25, -0.2) is 13.6 Å². The van der Waals surface area contributed by atoms with Crippen LogP contribution in [0.1, 0.15) is 18.5 Å². The van der Waals surface area contributed by atoms with Gasteiger partial charge >= 0.3 is 5.97 Å². The topological polar surface area (TPSA) is 52.3 Å². The molecule has 0 spiro atoms. The van der Waals surface area contributed by atoms with Gasteiger partial charge in [-0.05, 0) is 19.1 Å². The van der Waals surface area contributed by atoms with E-state index in [2.05, 4.69) is 20.7 Å². The second-order valence-corrected chi connectivity index (χ2v) is 4.17. The summed E-state index contributed by atoms with van der Waals surface area (Å²) >= 11 is 3.07. The van der Waals surface area contributed by atoms with Crippen LogP contribution >= 0.6 is 15.9 Å². The molecule has 0 heterocycles. The van der Waals surface area contributed by atoms with Crippen LogP contribution in [0.15, 0.2) is 22.7 Å². The average molecular weight is 308 g/mol.